The lowest BCUT2D eigenvalue weighted by Crippen LogP contribution is -2.55. The van der Waals surface area contributed by atoms with Gasteiger partial charge in [-0.3, -0.25) is 0 Å². The Morgan fingerprint density at radius 3 is 2.64 bits per heavy atom. The topological polar surface area (TPSA) is 27.3 Å². The summed E-state index contributed by atoms with van der Waals surface area (Å²) in [5.41, 5.74) is 0. The minimum atomic E-state index is 0.747. The van der Waals surface area contributed by atoms with E-state index in [0.717, 1.165) is 25.7 Å². The molecule has 3 heteroatoms. The number of nitrogens with zero attached hydrogens (tertiary/aromatic N) is 1. The molecule has 1 rings (SSSR count). The minimum absolute atomic E-state index is 0.747. The largest absolute Gasteiger partial charge is 0.314 e. The maximum atomic E-state index is 3.49. The Kier molecular flexibility index (Phi) is 3.83. The van der Waals surface area contributed by atoms with Crippen molar-refractivity contribution in [1.29, 1.82) is 0 Å². The van der Waals surface area contributed by atoms with Gasteiger partial charge in [0.05, 0.1) is 0 Å². The Bertz CT molecular complexity index is 99.5. The quantitative estimate of drug-likeness (QED) is 0.527. The summed E-state index contributed by atoms with van der Waals surface area (Å²) >= 11 is 0. The predicted molar refractivity (Wildman–Crippen MR) is 47.8 cm³/mol. The SMILES string of the molecule is CN(C)CCCNC1CNC1. The Morgan fingerprint density at radius 2 is 2.18 bits per heavy atom. The third kappa shape index (κ3) is 3.70. The number of hydrogen-bond donors (Lipinski definition) is 2. The van der Waals surface area contributed by atoms with Crippen LogP contribution in [-0.4, -0.2) is 51.2 Å². The van der Waals surface area contributed by atoms with E-state index in [9.17, 15) is 0 Å². The molecule has 3 nitrogen and oxygen atoms in total. The Labute approximate surface area is 69.1 Å². The van der Waals surface area contributed by atoms with Gasteiger partial charge < -0.3 is 15.5 Å². The summed E-state index contributed by atoms with van der Waals surface area (Å²) in [6.45, 7) is 4.65. The molecule has 11 heavy (non-hydrogen) atoms. The van der Waals surface area contributed by atoms with Crippen LogP contribution in [0.15, 0.2) is 0 Å². The van der Waals surface area contributed by atoms with Crippen LogP contribution in [-0.2, 0) is 0 Å². The maximum Gasteiger partial charge on any atom is 0.0317 e. The normalized spacial score (nSPS) is 18.8. The first-order valence-electron chi connectivity index (χ1n) is 4.38. The number of hydrogen-bond acceptors (Lipinski definition) is 3. The number of rotatable bonds is 5. The summed E-state index contributed by atoms with van der Waals surface area (Å²) < 4.78 is 0. The zero-order chi connectivity index (χ0) is 8.10. The van der Waals surface area contributed by atoms with Gasteiger partial charge >= 0.3 is 0 Å². The van der Waals surface area contributed by atoms with Crippen LogP contribution in [0.2, 0.25) is 0 Å². The lowest BCUT2D eigenvalue weighted by Gasteiger charge is -2.28. The average Bonchev–Trinajstić information content (AvgIpc) is 1.82. The predicted octanol–water partition coefficient (Wildman–Crippen LogP) is -0.500. The molecule has 2 N–H and O–H groups in total. The lowest BCUT2D eigenvalue weighted by atomic mass is 10.2. The van der Waals surface area contributed by atoms with Gasteiger partial charge in [0.2, 0.25) is 0 Å². The molecule has 0 aromatic carbocycles. The fourth-order valence-electron chi connectivity index (χ4n) is 1.13. The maximum absolute atomic E-state index is 3.49. The molecule has 1 fully saturated rings. The molecular weight excluding hydrogens is 138 g/mol. The smallest absolute Gasteiger partial charge is 0.0317 e. The highest BCUT2D eigenvalue weighted by atomic mass is 15.1. The molecule has 0 bridgehead atoms. The molecular formula is C8H19N3. The molecule has 0 aromatic rings. The van der Waals surface area contributed by atoms with Crippen LogP contribution in [0, 0.1) is 0 Å². The van der Waals surface area contributed by atoms with Gasteiger partial charge in [-0.05, 0) is 33.6 Å². The third-order valence-corrected chi connectivity index (χ3v) is 2.00. The molecule has 1 saturated heterocycles. The van der Waals surface area contributed by atoms with Crippen molar-refractivity contribution in [1.82, 2.24) is 15.5 Å². The van der Waals surface area contributed by atoms with E-state index in [1.807, 2.05) is 0 Å². The highest BCUT2D eigenvalue weighted by Crippen LogP contribution is 1.90. The van der Waals surface area contributed by atoms with E-state index in [0.29, 0.717) is 0 Å². The van der Waals surface area contributed by atoms with Crippen molar-refractivity contribution in [2.24, 2.45) is 0 Å². The van der Waals surface area contributed by atoms with Crippen molar-refractivity contribution in [3.05, 3.63) is 0 Å². The highest BCUT2D eigenvalue weighted by molar-refractivity contribution is 4.80. The summed E-state index contributed by atoms with van der Waals surface area (Å²) in [6, 6.07) is 0.747. The lowest BCUT2D eigenvalue weighted by molar-refractivity contribution is 0.344. The second-order valence-corrected chi connectivity index (χ2v) is 3.47. The summed E-state index contributed by atoms with van der Waals surface area (Å²) in [7, 11) is 4.23. The summed E-state index contributed by atoms with van der Waals surface area (Å²) in [5.74, 6) is 0. The van der Waals surface area contributed by atoms with Crippen LogP contribution >= 0.6 is 0 Å². The van der Waals surface area contributed by atoms with Crippen molar-refractivity contribution in [3.8, 4) is 0 Å². The molecule has 0 aliphatic carbocycles. The van der Waals surface area contributed by atoms with Crippen LogP contribution in [0.1, 0.15) is 6.42 Å². The van der Waals surface area contributed by atoms with Crippen LogP contribution in [0.5, 0.6) is 0 Å². The van der Waals surface area contributed by atoms with Crippen molar-refractivity contribution >= 4 is 0 Å². The molecule has 0 spiro atoms. The van der Waals surface area contributed by atoms with Crippen molar-refractivity contribution in [3.63, 3.8) is 0 Å². The van der Waals surface area contributed by atoms with Crippen molar-refractivity contribution < 1.29 is 0 Å². The third-order valence-electron chi connectivity index (χ3n) is 2.00. The van der Waals surface area contributed by atoms with Gasteiger partial charge in [-0.15, -0.1) is 0 Å². The fraction of sp³-hybridized carbons (Fsp3) is 1.00. The average molecular weight is 157 g/mol. The molecule has 0 aromatic heterocycles. The molecule has 0 amide bonds. The van der Waals surface area contributed by atoms with Crippen molar-refractivity contribution in [2.75, 3.05) is 40.3 Å². The number of nitrogens with one attached hydrogen (secondary N) is 2. The molecule has 1 heterocycles. The van der Waals surface area contributed by atoms with Gasteiger partial charge in [0.25, 0.3) is 0 Å². The van der Waals surface area contributed by atoms with E-state index in [-0.39, 0.29) is 0 Å². The first kappa shape index (κ1) is 8.97. The molecule has 0 unspecified atom stereocenters. The second kappa shape index (κ2) is 4.70. The zero-order valence-corrected chi connectivity index (χ0v) is 7.56. The van der Waals surface area contributed by atoms with E-state index in [1.54, 1.807) is 0 Å². The van der Waals surface area contributed by atoms with E-state index in [4.69, 9.17) is 0 Å². The molecule has 1 aliphatic heterocycles. The Morgan fingerprint density at radius 1 is 1.45 bits per heavy atom. The van der Waals surface area contributed by atoms with Gasteiger partial charge in [0.1, 0.15) is 0 Å². The van der Waals surface area contributed by atoms with Crippen LogP contribution in [0.25, 0.3) is 0 Å². The standard InChI is InChI=1S/C8H19N3/c1-11(2)5-3-4-10-8-6-9-7-8/h8-10H,3-7H2,1-2H3. The van der Waals surface area contributed by atoms with Crippen LogP contribution in [0.4, 0.5) is 0 Å². The van der Waals surface area contributed by atoms with E-state index in [2.05, 4.69) is 29.6 Å². The van der Waals surface area contributed by atoms with Gasteiger partial charge in [0, 0.05) is 19.1 Å². The molecule has 0 radical (unpaired) electrons. The summed E-state index contributed by atoms with van der Waals surface area (Å²) in [4.78, 5) is 2.22. The van der Waals surface area contributed by atoms with E-state index in [1.165, 1.54) is 13.0 Å². The van der Waals surface area contributed by atoms with Gasteiger partial charge in [-0.1, -0.05) is 0 Å². The summed E-state index contributed by atoms with van der Waals surface area (Å²) in [5, 5.41) is 6.72. The van der Waals surface area contributed by atoms with Crippen LogP contribution in [0.3, 0.4) is 0 Å². The highest BCUT2D eigenvalue weighted by Gasteiger charge is 2.14. The molecule has 0 atom stereocenters. The van der Waals surface area contributed by atoms with Gasteiger partial charge in [-0.2, -0.15) is 0 Å². The fourth-order valence-corrected chi connectivity index (χ4v) is 1.13. The zero-order valence-electron chi connectivity index (χ0n) is 7.56. The Balaban J connectivity index is 1.80. The second-order valence-electron chi connectivity index (χ2n) is 3.47. The van der Waals surface area contributed by atoms with E-state index < -0.39 is 0 Å². The monoisotopic (exact) mass is 157 g/mol. The first-order chi connectivity index (χ1) is 5.29. The first-order valence-corrected chi connectivity index (χ1v) is 4.38. The minimum Gasteiger partial charge on any atom is -0.314 e. The van der Waals surface area contributed by atoms with E-state index >= 15 is 0 Å². The molecule has 1 aliphatic rings. The summed E-state index contributed by atoms with van der Waals surface area (Å²) in [6.07, 6.45) is 1.25. The van der Waals surface area contributed by atoms with Crippen LogP contribution < -0.4 is 10.6 Å². The molecule has 66 valence electrons. The molecule has 0 saturated carbocycles. The van der Waals surface area contributed by atoms with Gasteiger partial charge in [0.15, 0.2) is 0 Å². The van der Waals surface area contributed by atoms with Crippen molar-refractivity contribution in [2.45, 2.75) is 12.5 Å². The van der Waals surface area contributed by atoms with Gasteiger partial charge in [-0.25, -0.2) is 0 Å². The Hall–Kier alpha value is -0.120.